The molecule has 4 heterocycles. The molecule has 2 saturated heterocycles. The van der Waals surface area contributed by atoms with E-state index in [0.29, 0.717) is 11.6 Å². The van der Waals surface area contributed by atoms with Crippen LogP contribution in [0, 0.1) is 5.92 Å². The van der Waals surface area contributed by atoms with Gasteiger partial charge >= 0.3 is 0 Å². The van der Waals surface area contributed by atoms with Gasteiger partial charge in [0.15, 0.2) is 5.09 Å². The van der Waals surface area contributed by atoms with Gasteiger partial charge < -0.3 is 14.6 Å². The molecule has 2 aromatic heterocycles. The number of aromatic nitrogens is 1. The zero-order valence-electron chi connectivity index (χ0n) is 11.8. The lowest BCUT2D eigenvalue weighted by molar-refractivity contribution is 0.0919. The average Bonchev–Trinajstić information content (AvgIpc) is 3.20. The predicted molar refractivity (Wildman–Crippen MR) is 81.6 cm³/mol. The molecule has 21 heavy (non-hydrogen) atoms. The second kappa shape index (κ2) is 5.03. The van der Waals surface area contributed by atoms with Crippen LogP contribution in [-0.2, 0) is 0 Å². The van der Waals surface area contributed by atoms with Crippen molar-refractivity contribution < 1.29 is 9.21 Å². The largest absolute Gasteiger partial charge is 0.450 e. The number of nitrogens with zero attached hydrogens (tertiary/aromatic N) is 2. The van der Waals surface area contributed by atoms with Crippen molar-refractivity contribution in [3.05, 3.63) is 24.0 Å². The minimum Gasteiger partial charge on any atom is -0.450 e. The van der Waals surface area contributed by atoms with E-state index in [4.69, 9.17) is 4.42 Å². The number of furan rings is 1. The van der Waals surface area contributed by atoms with Crippen molar-refractivity contribution in [1.29, 1.82) is 0 Å². The van der Waals surface area contributed by atoms with Gasteiger partial charge in [-0.05, 0) is 25.1 Å². The van der Waals surface area contributed by atoms with Gasteiger partial charge in [0.1, 0.15) is 11.3 Å². The third-order valence-electron chi connectivity index (χ3n) is 4.46. The van der Waals surface area contributed by atoms with Gasteiger partial charge in [0.05, 0.1) is 0 Å². The summed E-state index contributed by atoms with van der Waals surface area (Å²) in [6.07, 6.45) is 4.85. The van der Waals surface area contributed by atoms with Gasteiger partial charge in [-0.3, -0.25) is 9.78 Å². The number of hydrogen-bond acceptors (Lipinski definition) is 5. The van der Waals surface area contributed by atoms with Gasteiger partial charge in [0, 0.05) is 42.8 Å². The summed E-state index contributed by atoms with van der Waals surface area (Å²) in [7, 11) is 0. The minimum atomic E-state index is -0.0993. The summed E-state index contributed by atoms with van der Waals surface area (Å²) < 4.78 is 5.66. The number of carbonyl (C=O) groups is 1. The molecule has 4 rings (SSSR count). The van der Waals surface area contributed by atoms with E-state index in [1.165, 1.54) is 13.0 Å². The quantitative estimate of drug-likeness (QED) is 0.879. The van der Waals surface area contributed by atoms with Gasteiger partial charge in [-0.15, -0.1) is 0 Å². The van der Waals surface area contributed by atoms with Crippen molar-refractivity contribution in [2.24, 2.45) is 5.92 Å². The molecule has 3 atom stereocenters. The summed E-state index contributed by atoms with van der Waals surface area (Å²) in [6, 6.07) is 3.94. The van der Waals surface area contributed by atoms with Crippen molar-refractivity contribution >= 4 is 28.6 Å². The molecular weight excluding hydrogens is 286 g/mol. The van der Waals surface area contributed by atoms with Crippen LogP contribution in [0.2, 0.25) is 0 Å². The molecule has 2 aliphatic heterocycles. The van der Waals surface area contributed by atoms with Crippen LogP contribution in [0.1, 0.15) is 16.9 Å². The molecule has 0 spiro atoms. The Balaban J connectivity index is 1.53. The van der Waals surface area contributed by atoms with Crippen molar-refractivity contribution in [2.75, 3.05) is 25.9 Å². The lowest BCUT2D eigenvalue weighted by Crippen LogP contribution is -2.43. The molecule has 0 aromatic carbocycles. The van der Waals surface area contributed by atoms with E-state index < -0.39 is 0 Å². The normalized spacial score (nSPS) is 27.4. The molecular formula is C15H17N3O2S. The van der Waals surface area contributed by atoms with Crippen molar-refractivity contribution in [1.82, 2.24) is 15.2 Å². The molecule has 2 fully saturated rings. The third kappa shape index (κ3) is 2.32. The summed E-state index contributed by atoms with van der Waals surface area (Å²) >= 11 is 1.54. The Bertz CT molecular complexity index is 699. The fourth-order valence-corrected chi connectivity index (χ4v) is 3.74. The SMILES string of the molecule is CSc1cc2cnc(C(=O)NC3CN4CCC3C4)cc2o1. The molecule has 5 nitrogen and oxygen atoms in total. The van der Waals surface area contributed by atoms with Crippen molar-refractivity contribution in [3.8, 4) is 0 Å². The number of fused-ring (bicyclic) bond motifs is 3. The van der Waals surface area contributed by atoms with E-state index in [9.17, 15) is 4.79 Å². The van der Waals surface area contributed by atoms with Crippen LogP contribution in [0.5, 0.6) is 0 Å². The average molecular weight is 303 g/mol. The number of hydrogen-bond donors (Lipinski definition) is 1. The summed E-state index contributed by atoms with van der Waals surface area (Å²) in [5.41, 5.74) is 1.15. The Morgan fingerprint density at radius 1 is 1.48 bits per heavy atom. The van der Waals surface area contributed by atoms with Gasteiger partial charge in [-0.2, -0.15) is 0 Å². The van der Waals surface area contributed by atoms with Crippen LogP contribution >= 0.6 is 11.8 Å². The summed E-state index contributed by atoms with van der Waals surface area (Å²) in [4.78, 5) is 19.0. The second-order valence-electron chi connectivity index (χ2n) is 5.77. The second-order valence-corrected chi connectivity index (χ2v) is 6.58. The van der Waals surface area contributed by atoms with E-state index in [2.05, 4.69) is 15.2 Å². The number of piperidine rings is 1. The first-order valence-electron chi connectivity index (χ1n) is 7.20. The van der Waals surface area contributed by atoms with Crippen LogP contribution in [0.15, 0.2) is 27.8 Å². The molecule has 2 bridgehead atoms. The number of nitrogens with one attached hydrogen (secondary N) is 1. The standard InChI is InChI=1S/C15H17N3O2S/c1-21-14-4-10-6-16-11(5-13(10)20-14)15(19)17-12-8-18-3-2-9(12)7-18/h4-6,9,12H,2-3,7-8H2,1H3,(H,17,19). The molecule has 2 aromatic rings. The maximum Gasteiger partial charge on any atom is 0.270 e. The number of thioether (sulfide) groups is 1. The monoisotopic (exact) mass is 303 g/mol. The lowest BCUT2D eigenvalue weighted by atomic mass is 10.00. The molecule has 2 aliphatic rings. The van der Waals surface area contributed by atoms with Gasteiger partial charge in [-0.1, -0.05) is 11.8 Å². The first kappa shape index (κ1) is 13.2. The van der Waals surface area contributed by atoms with E-state index in [1.54, 1.807) is 24.0 Å². The first-order chi connectivity index (χ1) is 10.2. The van der Waals surface area contributed by atoms with Crippen LogP contribution in [0.4, 0.5) is 0 Å². The Kier molecular flexibility index (Phi) is 3.15. The van der Waals surface area contributed by atoms with Gasteiger partial charge in [0.2, 0.25) is 0 Å². The molecule has 0 saturated carbocycles. The highest BCUT2D eigenvalue weighted by atomic mass is 32.2. The van der Waals surface area contributed by atoms with Gasteiger partial charge in [0.25, 0.3) is 5.91 Å². The highest BCUT2D eigenvalue weighted by molar-refractivity contribution is 7.98. The maximum absolute atomic E-state index is 12.4. The summed E-state index contributed by atoms with van der Waals surface area (Å²) in [5.74, 6) is 0.502. The van der Waals surface area contributed by atoms with Gasteiger partial charge in [-0.25, -0.2) is 0 Å². The predicted octanol–water partition coefficient (Wildman–Crippen LogP) is 1.98. The molecule has 1 N–H and O–H groups in total. The minimum absolute atomic E-state index is 0.0993. The highest BCUT2D eigenvalue weighted by Gasteiger charge is 2.38. The van der Waals surface area contributed by atoms with Crippen LogP contribution in [-0.4, -0.2) is 47.7 Å². The highest BCUT2D eigenvalue weighted by Crippen LogP contribution is 2.28. The van der Waals surface area contributed by atoms with E-state index in [1.807, 2.05) is 12.3 Å². The topological polar surface area (TPSA) is 58.4 Å². The molecule has 6 heteroatoms. The first-order valence-corrected chi connectivity index (χ1v) is 8.42. The van der Waals surface area contributed by atoms with Crippen LogP contribution in [0.3, 0.4) is 0 Å². The zero-order valence-corrected chi connectivity index (χ0v) is 12.7. The molecule has 1 amide bonds. The Morgan fingerprint density at radius 3 is 3.10 bits per heavy atom. The Morgan fingerprint density at radius 2 is 2.38 bits per heavy atom. The maximum atomic E-state index is 12.4. The van der Waals surface area contributed by atoms with E-state index in [0.717, 1.165) is 29.2 Å². The fraction of sp³-hybridized carbons (Fsp3) is 0.467. The van der Waals surface area contributed by atoms with Crippen molar-refractivity contribution in [3.63, 3.8) is 0 Å². The number of pyridine rings is 1. The molecule has 110 valence electrons. The van der Waals surface area contributed by atoms with Crippen LogP contribution in [0.25, 0.3) is 11.0 Å². The third-order valence-corrected chi connectivity index (χ3v) is 5.07. The fourth-order valence-electron chi connectivity index (χ4n) is 3.32. The van der Waals surface area contributed by atoms with E-state index in [-0.39, 0.29) is 11.9 Å². The zero-order chi connectivity index (χ0) is 14.4. The number of amides is 1. The Hall–Kier alpha value is -1.53. The number of rotatable bonds is 3. The van der Waals surface area contributed by atoms with E-state index >= 15 is 0 Å². The molecule has 0 aliphatic carbocycles. The smallest absolute Gasteiger partial charge is 0.270 e. The summed E-state index contributed by atoms with van der Waals surface area (Å²) in [6.45, 7) is 3.26. The molecule has 0 radical (unpaired) electrons. The molecule has 3 unspecified atom stereocenters. The number of carbonyl (C=O) groups excluding carboxylic acids is 1. The van der Waals surface area contributed by atoms with Crippen LogP contribution < -0.4 is 5.32 Å². The van der Waals surface area contributed by atoms with Crippen molar-refractivity contribution in [2.45, 2.75) is 17.6 Å². The summed E-state index contributed by atoms with van der Waals surface area (Å²) in [5, 5.41) is 4.89. The lowest BCUT2D eigenvalue weighted by Gasteiger charge is -2.22. The Labute approximate surface area is 127 Å².